The molecule has 3 amide bonds. The average molecular weight is 385 g/mol. The summed E-state index contributed by atoms with van der Waals surface area (Å²) in [5.41, 5.74) is -0.376. The van der Waals surface area contributed by atoms with Gasteiger partial charge in [-0.15, -0.1) is 0 Å². The van der Waals surface area contributed by atoms with Crippen LogP contribution in [0.1, 0.15) is 55.3 Å². The Labute approximate surface area is 165 Å². The van der Waals surface area contributed by atoms with E-state index < -0.39 is 5.72 Å². The first kappa shape index (κ1) is 18.8. The van der Waals surface area contributed by atoms with Gasteiger partial charge in [0.05, 0.1) is 12.1 Å². The molecule has 1 spiro atoms. The second-order valence-electron chi connectivity index (χ2n) is 7.91. The molecule has 3 aliphatic rings. The highest BCUT2D eigenvalue weighted by Crippen LogP contribution is 2.33. The van der Waals surface area contributed by atoms with Gasteiger partial charge in [0, 0.05) is 38.9 Å². The Morgan fingerprint density at radius 3 is 2.57 bits per heavy atom. The van der Waals surface area contributed by atoms with Gasteiger partial charge in [0.1, 0.15) is 5.75 Å². The number of nitrogens with one attached hydrogen (secondary N) is 1. The number of benzene rings is 1. The predicted octanol–water partition coefficient (Wildman–Crippen LogP) is 1.92. The van der Waals surface area contributed by atoms with Gasteiger partial charge in [-0.3, -0.25) is 14.4 Å². The average Bonchev–Trinajstić information content (AvgIpc) is 3.05. The van der Waals surface area contributed by atoms with Crippen molar-refractivity contribution in [3.8, 4) is 5.75 Å². The minimum absolute atomic E-state index is 0.0187. The Balaban J connectivity index is 1.43. The molecule has 1 aromatic rings. The molecule has 28 heavy (non-hydrogen) atoms. The van der Waals surface area contributed by atoms with E-state index in [-0.39, 0.29) is 30.7 Å². The molecule has 7 nitrogen and oxygen atoms in total. The number of carbonyl (C=O) groups excluding carboxylic acids is 3. The Hall–Kier alpha value is -2.57. The Morgan fingerprint density at radius 2 is 1.79 bits per heavy atom. The maximum Gasteiger partial charge on any atom is 0.258 e. The van der Waals surface area contributed by atoms with Gasteiger partial charge in [-0.2, -0.15) is 0 Å². The summed E-state index contributed by atoms with van der Waals surface area (Å²) in [6, 6.07) is 7.14. The second kappa shape index (κ2) is 7.81. The highest BCUT2D eigenvalue weighted by atomic mass is 16.5. The molecule has 2 saturated heterocycles. The zero-order chi connectivity index (χ0) is 19.6. The summed E-state index contributed by atoms with van der Waals surface area (Å²) in [7, 11) is 0. The summed E-state index contributed by atoms with van der Waals surface area (Å²) >= 11 is 0. The number of nitrogens with zero attached hydrogens (tertiary/aromatic N) is 2. The number of carbonyl (C=O) groups is 3. The number of fused-ring (bicyclic) bond motifs is 1. The van der Waals surface area contributed by atoms with Crippen molar-refractivity contribution in [2.75, 3.05) is 26.2 Å². The first-order valence-electron chi connectivity index (χ1n) is 10.2. The van der Waals surface area contributed by atoms with Crippen molar-refractivity contribution in [1.82, 2.24) is 15.1 Å². The van der Waals surface area contributed by atoms with Gasteiger partial charge in [0.2, 0.25) is 11.8 Å². The third-order valence-corrected chi connectivity index (χ3v) is 5.94. The fraction of sp³-hybridized carbons (Fsp3) is 0.571. The zero-order valence-corrected chi connectivity index (χ0v) is 16.1. The van der Waals surface area contributed by atoms with E-state index in [0.29, 0.717) is 30.7 Å². The molecule has 3 aliphatic heterocycles. The van der Waals surface area contributed by atoms with E-state index in [0.717, 1.165) is 38.8 Å². The minimum Gasteiger partial charge on any atom is -0.467 e. The van der Waals surface area contributed by atoms with Crippen LogP contribution in [0.2, 0.25) is 0 Å². The largest absolute Gasteiger partial charge is 0.467 e. The van der Waals surface area contributed by atoms with Gasteiger partial charge in [0.25, 0.3) is 5.91 Å². The van der Waals surface area contributed by atoms with E-state index in [4.69, 9.17) is 4.74 Å². The molecule has 7 heteroatoms. The number of ether oxygens (including phenoxy) is 1. The molecule has 1 atom stereocenters. The highest BCUT2D eigenvalue weighted by Gasteiger charge is 2.42. The quantitative estimate of drug-likeness (QED) is 0.844. The molecule has 4 rings (SSSR count). The standard InChI is InChI=1S/C21H27N3O4/c25-18-9-10-21(22-20(27)16-7-3-4-8-17(16)28-21)11-14-24(18)15-19(26)23-12-5-1-2-6-13-23/h3-4,7-8H,1-2,5-6,9-15H2,(H,22,27). The lowest BCUT2D eigenvalue weighted by Crippen LogP contribution is -2.56. The first-order valence-corrected chi connectivity index (χ1v) is 10.2. The molecule has 0 aliphatic carbocycles. The predicted molar refractivity (Wildman–Crippen MR) is 103 cm³/mol. The lowest BCUT2D eigenvalue weighted by atomic mass is 10.0. The van der Waals surface area contributed by atoms with Gasteiger partial charge in [-0.25, -0.2) is 0 Å². The molecule has 2 fully saturated rings. The lowest BCUT2D eigenvalue weighted by molar-refractivity contribution is -0.140. The molecule has 0 bridgehead atoms. The van der Waals surface area contributed by atoms with E-state index in [9.17, 15) is 14.4 Å². The molecule has 1 N–H and O–H groups in total. The van der Waals surface area contributed by atoms with Crippen molar-refractivity contribution in [3.63, 3.8) is 0 Å². The fourth-order valence-electron chi connectivity index (χ4n) is 4.26. The van der Waals surface area contributed by atoms with Crippen molar-refractivity contribution in [1.29, 1.82) is 0 Å². The van der Waals surface area contributed by atoms with Crippen LogP contribution in [0.4, 0.5) is 0 Å². The Kier molecular flexibility index (Phi) is 5.24. The third-order valence-electron chi connectivity index (χ3n) is 5.94. The Morgan fingerprint density at radius 1 is 1.04 bits per heavy atom. The fourth-order valence-corrected chi connectivity index (χ4v) is 4.26. The number of hydrogen-bond acceptors (Lipinski definition) is 4. The minimum atomic E-state index is -0.887. The summed E-state index contributed by atoms with van der Waals surface area (Å²) in [6.07, 6.45) is 5.49. The summed E-state index contributed by atoms with van der Waals surface area (Å²) in [5, 5.41) is 2.96. The van der Waals surface area contributed by atoms with Gasteiger partial charge >= 0.3 is 0 Å². The third kappa shape index (κ3) is 3.84. The monoisotopic (exact) mass is 385 g/mol. The van der Waals surface area contributed by atoms with Crippen molar-refractivity contribution >= 4 is 17.7 Å². The van der Waals surface area contributed by atoms with Crippen LogP contribution < -0.4 is 10.1 Å². The van der Waals surface area contributed by atoms with E-state index in [2.05, 4.69) is 5.32 Å². The van der Waals surface area contributed by atoms with Crippen molar-refractivity contribution in [3.05, 3.63) is 29.8 Å². The maximum absolute atomic E-state index is 12.7. The maximum atomic E-state index is 12.7. The summed E-state index contributed by atoms with van der Waals surface area (Å²) < 4.78 is 6.14. The van der Waals surface area contributed by atoms with Crippen LogP contribution in [0.25, 0.3) is 0 Å². The van der Waals surface area contributed by atoms with E-state index in [1.807, 2.05) is 11.0 Å². The number of hydrogen-bond donors (Lipinski definition) is 1. The zero-order valence-electron chi connectivity index (χ0n) is 16.1. The molecule has 1 aromatic carbocycles. The summed E-state index contributed by atoms with van der Waals surface area (Å²) in [6.45, 7) is 2.06. The van der Waals surface area contributed by atoms with Gasteiger partial charge in [-0.1, -0.05) is 25.0 Å². The van der Waals surface area contributed by atoms with Crippen LogP contribution in [-0.4, -0.2) is 59.4 Å². The molecule has 0 saturated carbocycles. The van der Waals surface area contributed by atoms with Gasteiger partial charge in [-0.05, 0) is 25.0 Å². The molecule has 150 valence electrons. The Bertz CT molecular complexity index is 773. The highest BCUT2D eigenvalue weighted by molar-refractivity contribution is 5.98. The smallest absolute Gasteiger partial charge is 0.258 e. The lowest BCUT2D eigenvalue weighted by Gasteiger charge is -2.38. The van der Waals surface area contributed by atoms with Crippen molar-refractivity contribution < 1.29 is 19.1 Å². The van der Waals surface area contributed by atoms with Crippen LogP contribution in [0, 0.1) is 0 Å². The van der Waals surface area contributed by atoms with E-state index in [1.54, 1.807) is 23.1 Å². The molecular formula is C21H27N3O4. The van der Waals surface area contributed by atoms with Crippen LogP contribution in [-0.2, 0) is 9.59 Å². The van der Waals surface area contributed by atoms with Crippen LogP contribution in [0.3, 0.4) is 0 Å². The molecule has 3 heterocycles. The first-order chi connectivity index (χ1) is 13.6. The summed E-state index contributed by atoms with van der Waals surface area (Å²) in [5.74, 6) is 0.332. The SMILES string of the molecule is O=C1NC2(CCC(=O)N(CC(=O)N3CCCCCC3)CC2)Oc2ccccc21. The van der Waals surface area contributed by atoms with Gasteiger partial charge < -0.3 is 19.9 Å². The molecule has 1 unspecified atom stereocenters. The normalized spacial score (nSPS) is 25.4. The number of para-hydroxylation sites is 1. The summed E-state index contributed by atoms with van der Waals surface area (Å²) in [4.78, 5) is 41.3. The number of rotatable bonds is 2. The molecule has 0 radical (unpaired) electrons. The van der Waals surface area contributed by atoms with E-state index >= 15 is 0 Å². The van der Waals surface area contributed by atoms with Crippen molar-refractivity contribution in [2.24, 2.45) is 0 Å². The second-order valence-corrected chi connectivity index (χ2v) is 7.91. The van der Waals surface area contributed by atoms with Gasteiger partial charge in [0.15, 0.2) is 5.72 Å². The number of likely N-dealkylation sites (tertiary alicyclic amines) is 2. The van der Waals surface area contributed by atoms with Crippen LogP contribution >= 0.6 is 0 Å². The topological polar surface area (TPSA) is 79.0 Å². The van der Waals surface area contributed by atoms with Crippen LogP contribution in [0.5, 0.6) is 5.75 Å². The number of amides is 3. The molecular weight excluding hydrogens is 358 g/mol. The molecule has 0 aromatic heterocycles. The van der Waals surface area contributed by atoms with E-state index in [1.165, 1.54) is 0 Å². The van der Waals surface area contributed by atoms with Crippen LogP contribution in [0.15, 0.2) is 24.3 Å². The van der Waals surface area contributed by atoms with Crippen molar-refractivity contribution in [2.45, 2.75) is 50.7 Å².